The molecule has 3 rings (SSSR count). The Hall–Kier alpha value is -2.73. The minimum atomic E-state index is -0.425. The fourth-order valence-corrected chi connectivity index (χ4v) is 2.39. The average Bonchev–Trinajstić information content (AvgIpc) is 3.01. The number of carbonyl (C=O) groups excluding carboxylic acids is 1. The number of fused-ring (bicyclic) bond motifs is 1. The number of methoxy groups -OCH3 is 1. The summed E-state index contributed by atoms with van der Waals surface area (Å²) >= 11 is 0. The van der Waals surface area contributed by atoms with Crippen molar-refractivity contribution in [3.05, 3.63) is 53.9 Å². The molecular formula is C17H17N3O3. The molecule has 23 heavy (non-hydrogen) atoms. The monoisotopic (exact) mass is 311 g/mol. The van der Waals surface area contributed by atoms with E-state index in [-0.39, 0.29) is 6.61 Å². The largest absolute Gasteiger partial charge is 0.462 e. The van der Waals surface area contributed by atoms with E-state index in [2.05, 4.69) is 10.1 Å². The van der Waals surface area contributed by atoms with Crippen LogP contribution in [0.5, 0.6) is 0 Å². The number of benzene rings is 1. The smallest absolute Gasteiger partial charge is 0.341 e. The zero-order valence-electron chi connectivity index (χ0n) is 13.0. The van der Waals surface area contributed by atoms with E-state index in [9.17, 15) is 4.79 Å². The van der Waals surface area contributed by atoms with Crippen molar-refractivity contribution in [2.24, 2.45) is 0 Å². The maximum Gasteiger partial charge on any atom is 0.341 e. The third kappa shape index (κ3) is 2.93. The highest BCUT2D eigenvalue weighted by atomic mass is 16.5. The van der Waals surface area contributed by atoms with Crippen molar-refractivity contribution in [1.82, 2.24) is 14.6 Å². The second-order valence-corrected chi connectivity index (χ2v) is 4.94. The van der Waals surface area contributed by atoms with Gasteiger partial charge in [0, 0.05) is 24.9 Å². The zero-order chi connectivity index (χ0) is 16.2. The maximum absolute atomic E-state index is 12.1. The predicted octanol–water partition coefficient (Wildman–Crippen LogP) is 2.72. The third-order valence-corrected chi connectivity index (χ3v) is 3.43. The van der Waals surface area contributed by atoms with E-state index in [1.54, 1.807) is 18.5 Å². The van der Waals surface area contributed by atoms with Gasteiger partial charge in [0.05, 0.1) is 24.6 Å². The van der Waals surface area contributed by atoms with Gasteiger partial charge < -0.3 is 9.47 Å². The Bertz CT molecular complexity index is 828. The molecule has 0 bridgehead atoms. The molecule has 0 aliphatic carbocycles. The molecule has 118 valence electrons. The number of rotatable bonds is 5. The van der Waals surface area contributed by atoms with Crippen LogP contribution in [-0.2, 0) is 16.1 Å². The van der Waals surface area contributed by atoms with Gasteiger partial charge in [-0.1, -0.05) is 30.3 Å². The SMILES string of the molecule is CCOC(=O)c1cnc2cc(-c3ccccc3)nn2c1COC. The molecule has 0 amide bonds. The molecule has 0 radical (unpaired) electrons. The highest BCUT2D eigenvalue weighted by Crippen LogP contribution is 2.21. The number of ether oxygens (including phenoxy) is 2. The molecule has 2 heterocycles. The fourth-order valence-electron chi connectivity index (χ4n) is 2.39. The molecule has 0 N–H and O–H groups in total. The number of aromatic nitrogens is 3. The van der Waals surface area contributed by atoms with Crippen LogP contribution in [0.1, 0.15) is 23.0 Å². The number of hydrogen-bond acceptors (Lipinski definition) is 5. The van der Waals surface area contributed by atoms with Crippen LogP contribution in [0.4, 0.5) is 0 Å². The van der Waals surface area contributed by atoms with Gasteiger partial charge >= 0.3 is 5.97 Å². The first-order valence-electron chi connectivity index (χ1n) is 7.33. The molecule has 1 aromatic carbocycles. The van der Waals surface area contributed by atoms with Gasteiger partial charge in [0.15, 0.2) is 5.65 Å². The van der Waals surface area contributed by atoms with Crippen molar-refractivity contribution < 1.29 is 14.3 Å². The van der Waals surface area contributed by atoms with Gasteiger partial charge in [-0.05, 0) is 6.92 Å². The van der Waals surface area contributed by atoms with Crippen LogP contribution in [0.25, 0.3) is 16.9 Å². The van der Waals surface area contributed by atoms with Crippen LogP contribution in [-0.4, -0.2) is 34.3 Å². The quantitative estimate of drug-likeness (QED) is 0.678. The minimum absolute atomic E-state index is 0.239. The molecule has 0 spiro atoms. The second kappa shape index (κ2) is 6.58. The number of hydrogen-bond donors (Lipinski definition) is 0. The van der Waals surface area contributed by atoms with Crippen LogP contribution in [0.3, 0.4) is 0 Å². The molecule has 0 saturated carbocycles. The predicted molar refractivity (Wildman–Crippen MR) is 85.1 cm³/mol. The summed E-state index contributed by atoms with van der Waals surface area (Å²) in [5.74, 6) is -0.425. The highest BCUT2D eigenvalue weighted by molar-refractivity contribution is 5.90. The van der Waals surface area contributed by atoms with E-state index in [0.717, 1.165) is 11.3 Å². The van der Waals surface area contributed by atoms with Gasteiger partial charge in [-0.2, -0.15) is 5.10 Å². The summed E-state index contributed by atoms with van der Waals surface area (Å²) in [5.41, 5.74) is 3.42. The zero-order valence-corrected chi connectivity index (χ0v) is 13.0. The summed E-state index contributed by atoms with van der Waals surface area (Å²) in [5, 5.41) is 4.57. The van der Waals surface area contributed by atoms with E-state index in [1.807, 2.05) is 36.4 Å². The Labute approximate surface area is 133 Å². The van der Waals surface area contributed by atoms with Crippen LogP contribution < -0.4 is 0 Å². The molecule has 3 aromatic rings. The molecular weight excluding hydrogens is 294 g/mol. The van der Waals surface area contributed by atoms with Crippen LogP contribution in [0.2, 0.25) is 0 Å². The number of esters is 1. The Balaban J connectivity index is 2.14. The molecule has 6 heteroatoms. The Kier molecular flexibility index (Phi) is 4.34. The summed E-state index contributed by atoms with van der Waals surface area (Å²) < 4.78 is 11.9. The Morgan fingerprint density at radius 2 is 2.04 bits per heavy atom. The van der Waals surface area contributed by atoms with Gasteiger partial charge in [-0.15, -0.1) is 0 Å². The van der Waals surface area contributed by atoms with Crippen molar-refractivity contribution >= 4 is 11.6 Å². The lowest BCUT2D eigenvalue weighted by atomic mass is 10.2. The highest BCUT2D eigenvalue weighted by Gasteiger charge is 2.18. The summed E-state index contributed by atoms with van der Waals surface area (Å²) in [6, 6.07) is 11.7. The van der Waals surface area contributed by atoms with Crippen molar-refractivity contribution in [2.45, 2.75) is 13.5 Å². The molecule has 0 atom stereocenters. The van der Waals surface area contributed by atoms with Crippen molar-refractivity contribution in [3.63, 3.8) is 0 Å². The number of nitrogens with zero attached hydrogens (tertiary/aromatic N) is 3. The lowest BCUT2D eigenvalue weighted by Crippen LogP contribution is -2.14. The van der Waals surface area contributed by atoms with Gasteiger partial charge in [-0.25, -0.2) is 14.3 Å². The maximum atomic E-state index is 12.1. The van der Waals surface area contributed by atoms with E-state index in [4.69, 9.17) is 9.47 Å². The lowest BCUT2D eigenvalue weighted by molar-refractivity contribution is 0.0519. The van der Waals surface area contributed by atoms with Gasteiger partial charge in [0.2, 0.25) is 0 Å². The second-order valence-electron chi connectivity index (χ2n) is 4.94. The Morgan fingerprint density at radius 1 is 1.26 bits per heavy atom. The molecule has 0 fully saturated rings. The third-order valence-electron chi connectivity index (χ3n) is 3.43. The molecule has 0 aliphatic rings. The summed E-state index contributed by atoms with van der Waals surface area (Å²) in [6.45, 7) is 2.31. The molecule has 0 saturated heterocycles. The van der Waals surface area contributed by atoms with E-state index in [0.29, 0.717) is 23.5 Å². The van der Waals surface area contributed by atoms with Gasteiger partial charge in [-0.3, -0.25) is 0 Å². The van der Waals surface area contributed by atoms with Crippen LogP contribution in [0.15, 0.2) is 42.6 Å². The van der Waals surface area contributed by atoms with Crippen LogP contribution >= 0.6 is 0 Å². The molecule has 6 nitrogen and oxygen atoms in total. The first kappa shape index (κ1) is 15.2. The summed E-state index contributed by atoms with van der Waals surface area (Å²) in [4.78, 5) is 16.4. The standard InChI is InChI=1S/C17H17N3O3/c1-3-23-17(21)13-10-18-16-9-14(12-7-5-4-6-8-12)19-20(16)15(13)11-22-2/h4-10H,3,11H2,1-2H3. The van der Waals surface area contributed by atoms with Gasteiger partial charge in [0.25, 0.3) is 0 Å². The molecule has 0 unspecified atom stereocenters. The van der Waals surface area contributed by atoms with E-state index in [1.165, 1.54) is 6.20 Å². The minimum Gasteiger partial charge on any atom is -0.462 e. The normalized spacial score (nSPS) is 10.9. The number of carbonyl (C=O) groups is 1. The fraction of sp³-hybridized carbons (Fsp3) is 0.235. The summed E-state index contributed by atoms with van der Waals surface area (Å²) in [7, 11) is 1.57. The summed E-state index contributed by atoms with van der Waals surface area (Å²) in [6.07, 6.45) is 1.51. The topological polar surface area (TPSA) is 65.7 Å². The lowest BCUT2D eigenvalue weighted by Gasteiger charge is -2.09. The first-order chi connectivity index (χ1) is 11.2. The van der Waals surface area contributed by atoms with Crippen LogP contribution in [0, 0.1) is 0 Å². The van der Waals surface area contributed by atoms with Crippen molar-refractivity contribution in [1.29, 1.82) is 0 Å². The Morgan fingerprint density at radius 3 is 2.74 bits per heavy atom. The van der Waals surface area contributed by atoms with E-state index < -0.39 is 5.97 Å². The van der Waals surface area contributed by atoms with Crippen molar-refractivity contribution in [2.75, 3.05) is 13.7 Å². The van der Waals surface area contributed by atoms with Crippen molar-refractivity contribution in [3.8, 4) is 11.3 Å². The van der Waals surface area contributed by atoms with E-state index >= 15 is 0 Å². The average molecular weight is 311 g/mol. The molecule has 0 aliphatic heterocycles. The van der Waals surface area contributed by atoms with Gasteiger partial charge in [0.1, 0.15) is 5.56 Å². The molecule has 2 aromatic heterocycles. The first-order valence-corrected chi connectivity index (χ1v) is 7.33.